The minimum atomic E-state index is 0.852. The summed E-state index contributed by atoms with van der Waals surface area (Å²) in [6.45, 7) is 0.852. The molecule has 0 bridgehead atoms. The van der Waals surface area contributed by atoms with Crippen LogP contribution < -0.4 is 0 Å². The topological polar surface area (TPSA) is 30.7 Å². The zero-order valence-corrected chi connectivity index (χ0v) is 8.81. The van der Waals surface area contributed by atoms with Gasteiger partial charge in [-0.3, -0.25) is 0 Å². The van der Waals surface area contributed by atoms with Crippen LogP contribution in [-0.2, 0) is 6.54 Å². The zero-order chi connectivity index (χ0) is 10.1. The van der Waals surface area contributed by atoms with Crippen LogP contribution in [0.1, 0.15) is 4.88 Å². The number of hydrogen-bond donors (Lipinski definition) is 0. The second kappa shape index (κ2) is 3.47. The quantitative estimate of drug-likeness (QED) is 0.657. The van der Waals surface area contributed by atoms with E-state index in [1.165, 1.54) is 4.88 Å². The zero-order valence-electron chi connectivity index (χ0n) is 8.00. The van der Waals surface area contributed by atoms with Gasteiger partial charge < -0.3 is 4.57 Å². The van der Waals surface area contributed by atoms with Crippen LogP contribution in [0.4, 0.5) is 0 Å². The number of pyridine rings is 1. The molecule has 0 aliphatic rings. The molecule has 0 amide bonds. The van der Waals surface area contributed by atoms with Crippen LogP contribution in [0.2, 0.25) is 0 Å². The first kappa shape index (κ1) is 8.61. The van der Waals surface area contributed by atoms with Gasteiger partial charge in [0.2, 0.25) is 0 Å². The van der Waals surface area contributed by atoms with Gasteiger partial charge in [-0.25, -0.2) is 9.97 Å². The molecule has 0 aliphatic heterocycles. The molecule has 0 saturated heterocycles. The number of imidazole rings is 1. The Bertz CT molecular complexity index is 568. The predicted octanol–water partition coefficient (Wildman–Crippen LogP) is 2.54. The van der Waals surface area contributed by atoms with E-state index in [-0.39, 0.29) is 0 Å². The SMILES string of the molecule is c1csc(Cn2cnc3cccnc32)c1. The molecule has 15 heavy (non-hydrogen) atoms. The van der Waals surface area contributed by atoms with Crippen LogP contribution in [0, 0.1) is 0 Å². The van der Waals surface area contributed by atoms with Crippen molar-refractivity contribution in [1.82, 2.24) is 14.5 Å². The van der Waals surface area contributed by atoms with Crippen molar-refractivity contribution in [1.29, 1.82) is 0 Å². The van der Waals surface area contributed by atoms with Gasteiger partial charge in [0.1, 0.15) is 5.52 Å². The molecule has 3 rings (SSSR count). The Morgan fingerprint density at radius 2 is 2.20 bits per heavy atom. The molecule has 3 aromatic heterocycles. The highest BCUT2D eigenvalue weighted by Gasteiger charge is 2.03. The first-order chi connectivity index (χ1) is 7.43. The highest BCUT2D eigenvalue weighted by Crippen LogP contribution is 2.14. The van der Waals surface area contributed by atoms with Crippen molar-refractivity contribution in [2.75, 3.05) is 0 Å². The minimum absolute atomic E-state index is 0.852. The molecule has 74 valence electrons. The van der Waals surface area contributed by atoms with Crippen LogP contribution in [0.25, 0.3) is 11.2 Å². The van der Waals surface area contributed by atoms with Gasteiger partial charge in [0.25, 0.3) is 0 Å². The van der Waals surface area contributed by atoms with Crippen molar-refractivity contribution >= 4 is 22.5 Å². The van der Waals surface area contributed by atoms with E-state index in [0.29, 0.717) is 0 Å². The van der Waals surface area contributed by atoms with E-state index in [9.17, 15) is 0 Å². The van der Waals surface area contributed by atoms with Gasteiger partial charge in [-0.2, -0.15) is 0 Å². The molecular formula is C11H9N3S. The highest BCUT2D eigenvalue weighted by molar-refractivity contribution is 7.09. The monoisotopic (exact) mass is 215 g/mol. The van der Waals surface area contributed by atoms with Crippen molar-refractivity contribution in [3.8, 4) is 0 Å². The van der Waals surface area contributed by atoms with E-state index in [2.05, 4.69) is 32.0 Å². The van der Waals surface area contributed by atoms with Gasteiger partial charge in [-0.1, -0.05) is 6.07 Å². The molecule has 0 radical (unpaired) electrons. The molecule has 4 heteroatoms. The molecule has 3 nitrogen and oxygen atoms in total. The van der Waals surface area contributed by atoms with Gasteiger partial charge in [-0.15, -0.1) is 11.3 Å². The lowest BCUT2D eigenvalue weighted by atomic mass is 10.4. The Kier molecular flexibility index (Phi) is 1.99. The lowest BCUT2D eigenvalue weighted by Crippen LogP contribution is -1.96. The number of aromatic nitrogens is 3. The van der Waals surface area contributed by atoms with E-state index >= 15 is 0 Å². The Labute approximate surface area is 91.0 Å². The van der Waals surface area contributed by atoms with Gasteiger partial charge in [0.05, 0.1) is 12.9 Å². The van der Waals surface area contributed by atoms with Crippen LogP contribution in [-0.4, -0.2) is 14.5 Å². The van der Waals surface area contributed by atoms with E-state index in [1.807, 2.05) is 18.5 Å². The van der Waals surface area contributed by atoms with E-state index in [1.54, 1.807) is 17.5 Å². The number of rotatable bonds is 2. The summed E-state index contributed by atoms with van der Waals surface area (Å²) in [7, 11) is 0. The number of fused-ring (bicyclic) bond motifs is 1. The summed E-state index contributed by atoms with van der Waals surface area (Å²) >= 11 is 1.75. The standard InChI is InChI=1S/C11H9N3S/c1-4-10-11(12-5-1)14(8-13-10)7-9-3-2-6-15-9/h1-6,8H,7H2. The summed E-state index contributed by atoms with van der Waals surface area (Å²) < 4.78 is 2.07. The lowest BCUT2D eigenvalue weighted by Gasteiger charge is -1.99. The molecule has 0 atom stereocenters. The fraction of sp³-hybridized carbons (Fsp3) is 0.0909. The molecule has 0 N–H and O–H groups in total. The van der Waals surface area contributed by atoms with Gasteiger partial charge in [0.15, 0.2) is 5.65 Å². The third-order valence-corrected chi connectivity index (χ3v) is 3.14. The van der Waals surface area contributed by atoms with Crippen molar-refractivity contribution < 1.29 is 0 Å². The molecule has 0 unspecified atom stereocenters. The summed E-state index contributed by atoms with van der Waals surface area (Å²) in [5.41, 5.74) is 1.90. The maximum atomic E-state index is 4.33. The molecule has 3 aromatic rings. The Balaban J connectivity index is 2.05. The summed E-state index contributed by atoms with van der Waals surface area (Å²) in [4.78, 5) is 9.95. The first-order valence-corrected chi connectivity index (χ1v) is 5.60. The minimum Gasteiger partial charge on any atom is -0.310 e. The normalized spacial score (nSPS) is 10.9. The predicted molar refractivity (Wildman–Crippen MR) is 60.9 cm³/mol. The first-order valence-electron chi connectivity index (χ1n) is 4.72. The fourth-order valence-corrected chi connectivity index (χ4v) is 2.29. The van der Waals surface area contributed by atoms with Crippen molar-refractivity contribution in [3.05, 3.63) is 47.0 Å². The fourth-order valence-electron chi connectivity index (χ4n) is 1.58. The van der Waals surface area contributed by atoms with Crippen LogP contribution in [0.3, 0.4) is 0 Å². The number of nitrogens with zero attached hydrogens (tertiary/aromatic N) is 3. The molecule has 3 heterocycles. The third-order valence-electron chi connectivity index (χ3n) is 2.28. The second-order valence-electron chi connectivity index (χ2n) is 3.30. The Hall–Kier alpha value is -1.68. The molecule has 0 fully saturated rings. The third kappa shape index (κ3) is 1.53. The molecule has 0 aliphatic carbocycles. The molecule has 0 spiro atoms. The van der Waals surface area contributed by atoms with Crippen LogP contribution in [0.5, 0.6) is 0 Å². The maximum Gasteiger partial charge on any atom is 0.160 e. The lowest BCUT2D eigenvalue weighted by molar-refractivity contribution is 0.827. The summed E-state index contributed by atoms with van der Waals surface area (Å²) in [5, 5.41) is 2.09. The number of thiophene rings is 1. The average Bonchev–Trinajstić information content (AvgIpc) is 2.89. The van der Waals surface area contributed by atoms with E-state index < -0.39 is 0 Å². The average molecular weight is 215 g/mol. The Morgan fingerprint density at radius 3 is 3.07 bits per heavy atom. The summed E-state index contributed by atoms with van der Waals surface area (Å²) in [5.74, 6) is 0. The van der Waals surface area contributed by atoms with Gasteiger partial charge >= 0.3 is 0 Å². The number of hydrogen-bond acceptors (Lipinski definition) is 3. The molecular weight excluding hydrogens is 206 g/mol. The van der Waals surface area contributed by atoms with Crippen molar-refractivity contribution in [2.45, 2.75) is 6.54 Å². The van der Waals surface area contributed by atoms with E-state index in [4.69, 9.17) is 0 Å². The van der Waals surface area contributed by atoms with Crippen LogP contribution >= 0.6 is 11.3 Å². The van der Waals surface area contributed by atoms with Crippen molar-refractivity contribution in [3.63, 3.8) is 0 Å². The smallest absolute Gasteiger partial charge is 0.160 e. The van der Waals surface area contributed by atoms with Crippen LogP contribution in [0.15, 0.2) is 42.2 Å². The maximum absolute atomic E-state index is 4.33. The molecule has 0 aromatic carbocycles. The second-order valence-corrected chi connectivity index (χ2v) is 4.33. The molecule has 0 saturated carbocycles. The Morgan fingerprint density at radius 1 is 1.20 bits per heavy atom. The van der Waals surface area contributed by atoms with Gasteiger partial charge in [0, 0.05) is 11.1 Å². The van der Waals surface area contributed by atoms with Crippen molar-refractivity contribution in [2.24, 2.45) is 0 Å². The highest BCUT2D eigenvalue weighted by atomic mass is 32.1. The van der Waals surface area contributed by atoms with Gasteiger partial charge in [-0.05, 0) is 23.6 Å². The largest absolute Gasteiger partial charge is 0.310 e. The summed E-state index contributed by atoms with van der Waals surface area (Å²) in [6, 6.07) is 8.07. The summed E-state index contributed by atoms with van der Waals surface area (Å²) in [6.07, 6.45) is 3.65. The van der Waals surface area contributed by atoms with E-state index in [0.717, 1.165) is 17.7 Å².